The highest BCUT2D eigenvalue weighted by atomic mass is 16.5. The molecule has 35 heavy (non-hydrogen) atoms. The molecule has 0 amide bonds. The van der Waals surface area contributed by atoms with Crippen LogP contribution >= 0.6 is 0 Å². The highest BCUT2D eigenvalue weighted by Crippen LogP contribution is 2.34. The highest BCUT2D eigenvalue weighted by Gasteiger charge is 2.22. The van der Waals surface area contributed by atoms with Crippen molar-refractivity contribution in [3.8, 4) is 5.88 Å². The average molecular weight is 478 g/mol. The number of carbonyl (C=O) groups is 1. The Bertz CT molecular complexity index is 1140. The Morgan fingerprint density at radius 1 is 0.943 bits per heavy atom. The predicted molar refractivity (Wildman–Crippen MR) is 141 cm³/mol. The van der Waals surface area contributed by atoms with Crippen LogP contribution in [0.1, 0.15) is 84.0 Å². The first-order valence-corrected chi connectivity index (χ1v) is 13.3. The van der Waals surface area contributed by atoms with Crippen LogP contribution in [-0.4, -0.2) is 28.2 Å². The molecule has 188 valence electrons. The van der Waals surface area contributed by atoms with E-state index in [2.05, 4.69) is 11.9 Å². The Morgan fingerprint density at radius 2 is 1.69 bits per heavy atom. The molecule has 2 aromatic heterocycles. The number of ketones is 1. The summed E-state index contributed by atoms with van der Waals surface area (Å²) in [6.45, 7) is 2.78. The largest absolute Gasteiger partial charge is 0.481 e. The van der Waals surface area contributed by atoms with E-state index < -0.39 is 0 Å². The van der Waals surface area contributed by atoms with E-state index in [1.54, 1.807) is 13.2 Å². The van der Waals surface area contributed by atoms with Gasteiger partial charge in [-0.15, -0.1) is 0 Å². The molecule has 0 saturated heterocycles. The number of rotatable bonds is 7. The lowest BCUT2D eigenvalue weighted by atomic mass is 9.78. The third-order valence-corrected chi connectivity index (χ3v) is 7.77. The lowest BCUT2D eigenvalue weighted by Gasteiger charge is -2.29. The minimum atomic E-state index is 0.00408. The summed E-state index contributed by atoms with van der Waals surface area (Å²) in [6, 6.07) is 7.27. The maximum absolute atomic E-state index is 12.6. The van der Waals surface area contributed by atoms with Crippen molar-refractivity contribution in [1.29, 1.82) is 0 Å². The second-order valence-electron chi connectivity index (χ2n) is 10.4. The number of nitrogens with zero attached hydrogens (tertiary/aromatic N) is 3. The Hall–Kier alpha value is -2.76. The standard InChI is InChI=1S/C29H39N3O3/c1-21-6-15-26(33)5-3-4-25(30-20-21)14-11-22-7-9-23(10-8-22)18-19-32-28(34)17-13-24-12-16-27(35-2)31-29(24)32/h12-13,16-17,20,22-23H,3-11,14-15,18-19H2,1-2H3/b21-20+,30-25?. The maximum Gasteiger partial charge on any atom is 0.252 e. The van der Waals surface area contributed by atoms with Crippen LogP contribution in [0.2, 0.25) is 0 Å². The molecule has 0 spiro atoms. The number of methoxy groups -OCH3 is 1. The van der Waals surface area contributed by atoms with Crippen LogP contribution in [0.4, 0.5) is 0 Å². The van der Waals surface area contributed by atoms with E-state index in [-0.39, 0.29) is 5.56 Å². The first-order valence-electron chi connectivity index (χ1n) is 13.3. The van der Waals surface area contributed by atoms with Crippen molar-refractivity contribution in [3.63, 3.8) is 0 Å². The number of Topliss-reactive ketones (excluding diaryl/α,β-unsaturated/α-hetero) is 1. The third kappa shape index (κ3) is 7.12. The zero-order valence-electron chi connectivity index (χ0n) is 21.3. The van der Waals surface area contributed by atoms with E-state index in [1.807, 2.05) is 29.0 Å². The van der Waals surface area contributed by atoms with E-state index in [1.165, 1.54) is 43.4 Å². The number of aliphatic imine (C=N–C) groups is 1. The van der Waals surface area contributed by atoms with E-state index >= 15 is 0 Å². The summed E-state index contributed by atoms with van der Waals surface area (Å²) in [6.07, 6.45) is 14.3. The van der Waals surface area contributed by atoms with E-state index in [0.29, 0.717) is 42.6 Å². The van der Waals surface area contributed by atoms with Crippen LogP contribution in [0, 0.1) is 11.8 Å². The Kier molecular flexibility index (Phi) is 8.89. The number of hydrogen-bond donors (Lipinski definition) is 0. The van der Waals surface area contributed by atoms with Gasteiger partial charge in [-0.1, -0.05) is 31.3 Å². The van der Waals surface area contributed by atoms with Crippen molar-refractivity contribution in [2.75, 3.05) is 7.11 Å². The van der Waals surface area contributed by atoms with Crippen LogP contribution in [0.5, 0.6) is 5.88 Å². The summed E-state index contributed by atoms with van der Waals surface area (Å²) < 4.78 is 7.08. The van der Waals surface area contributed by atoms with Crippen LogP contribution in [-0.2, 0) is 11.3 Å². The van der Waals surface area contributed by atoms with Gasteiger partial charge in [0, 0.05) is 48.8 Å². The minimum absolute atomic E-state index is 0.00408. The molecular formula is C29H39N3O3. The van der Waals surface area contributed by atoms with Crippen LogP contribution in [0.15, 0.2) is 45.8 Å². The molecule has 2 aliphatic rings. The molecule has 4 rings (SSSR count). The molecule has 6 nitrogen and oxygen atoms in total. The zero-order valence-corrected chi connectivity index (χ0v) is 21.3. The van der Waals surface area contributed by atoms with Crippen molar-refractivity contribution < 1.29 is 9.53 Å². The van der Waals surface area contributed by atoms with Gasteiger partial charge in [0.2, 0.25) is 5.88 Å². The van der Waals surface area contributed by atoms with Crippen LogP contribution in [0.3, 0.4) is 0 Å². The smallest absolute Gasteiger partial charge is 0.252 e. The fraction of sp³-hybridized carbons (Fsp3) is 0.586. The van der Waals surface area contributed by atoms with Crippen molar-refractivity contribution in [2.45, 2.75) is 90.5 Å². The molecular weight excluding hydrogens is 438 g/mol. The number of allylic oxidation sites excluding steroid dienone is 1. The van der Waals surface area contributed by atoms with Gasteiger partial charge in [-0.2, -0.15) is 4.98 Å². The Balaban J connectivity index is 1.28. The van der Waals surface area contributed by atoms with Gasteiger partial charge in [0.25, 0.3) is 5.56 Å². The second kappa shape index (κ2) is 12.3. The van der Waals surface area contributed by atoms with Gasteiger partial charge in [0.05, 0.1) is 7.11 Å². The Labute approximate surface area is 208 Å². The van der Waals surface area contributed by atoms with Crippen LogP contribution < -0.4 is 10.3 Å². The topological polar surface area (TPSA) is 73.6 Å². The van der Waals surface area contributed by atoms with E-state index in [4.69, 9.17) is 9.73 Å². The first kappa shape index (κ1) is 25.3. The van der Waals surface area contributed by atoms with Gasteiger partial charge in [0.15, 0.2) is 0 Å². The number of aromatic nitrogens is 2. The predicted octanol–water partition coefficient (Wildman–Crippen LogP) is 6.26. The molecule has 1 fully saturated rings. The monoisotopic (exact) mass is 477 g/mol. The molecule has 0 aromatic carbocycles. The molecule has 1 saturated carbocycles. The molecule has 1 aliphatic carbocycles. The summed E-state index contributed by atoms with van der Waals surface area (Å²) >= 11 is 0. The molecule has 0 bridgehead atoms. The second-order valence-corrected chi connectivity index (χ2v) is 10.4. The van der Waals surface area contributed by atoms with Crippen molar-refractivity contribution >= 4 is 22.5 Å². The molecule has 6 heteroatoms. The molecule has 0 radical (unpaired) electrons. The Morgan fingerprint density at radius 3 is 2.46 bits per heavy atom. The normalized spacial score (nSPS) is 23.4. The number of fused-ring (bicyclic) bond motifs is 1. The van der Waals surface area contributed by atoms with Gasteiger partial charge in [-0.25, -0.2) is 0 Å². The highest BCUT2D eigenvalue weighted by molar-refractivity contribution is 5.86. The van der Waals surface area contributed by atoms with Gasteiger partial charge in [-0.3, -0.25) is 19.1 Å². The number of carbonyl (C=O) groups excluding carboxylic acids is 1. The van der Waals surface area contributed by atoms with Gasteiger partial charge in [0.1, 0.15) is 11.4 Å². The quantitative estimate of drug-likeness (QED) is 0.472. The summed E-state index contributed by atoms with van der Waals surface area (Å²) in [5.74, 6) is 2.33. The van der Waals surface area contributed by atoms with E-state index in [9.17, 15) is 9.59 Å². The van der Waals surface area contributed by atoms with Crippen molar-refractivity contribution in [3.05, 3.63) is 46.4 Å². The van der Waals surface area contributed by atoms with Gasteiger partial charge in [-0.05, 0) is 69.4 Å². The third-order valence-electron chi connectivity index (χ3n) is 7.77. The van der Waals surface area contributed by atoms with Crippen molar-refractivity contribution in [1.82, 2.24) is 9.55 Å². The van der Waals surface area contributed by atoms with Gasteiger partial charge < -0.3 is 4.74 Å². The first-order chi connectivity index (χ1) is 17.0. The lowest BCUT2D eigenvalue weighted by Crippen LogP contribution is -2.23. The lowest BCUT2D eigenvalue weighted by molar-refractivity contribution is -0.119. The molecule has 0 atom stereocenters. The fourth-order valence-electron chi connectivity index (χ4n) is 5.44. The SMILES string of the molecule is COc1ccc2ccc(=O)n(CCC3CCC(CCC4=N/C=C(\C)CCC(=O)CCC4)CC3)c2n1. The van der Waals surface area contributed by atoms with Crippen LogP contribution in [0.25, 0.3) is 11.0 Å². The number of pyridine rings is 2. The number of aryl methyl sites for hydroxylation is 1. The maximum atomic E-state index is 12.6. The van der Waals surface area contributed by atoms with Crippen molar-refractivity contribution in [2.24, 2.45) is 16.8 Å². The molecule has 0 N–H and O–H groups in total. The van der Waals surface area contributed by atoms with Gasteiger partial charge >= 0.3 is 0 Å². The molecule has 1 aliphatic heterocycles. The van der Waals surface area contributed by atoms with E-state index in [0.717, 1.165) is 43.4 Å². The summed E-state index contributed by atoms with van der Waals surface area (Å²) in [4.78, 5) is 33.8. The minimum Gasteiger partial charge on any atom is -0.481 e. The summed E-state index contributed by atoms with van der Waals surface area (Å²) in [7, 11) is 1.60. The fourth-order valence-corrected chi connectivity index (χ4v) is 5.44. The molecule has 2 aromatic rings. The summed E-state index contributed by atoms with van der Waals surface area (Å²) in [5, 5.41) is 0.965. The molecule has 3 heterocycles. The summed E-state index contributed by atoms with van der Waals surface area (Å²) in [5.41, 5.74) is 3.18. The molecule has 0 unspecified atom stereocenters. The number of hydrogen-bond acceptors (Lipinski definition) is 5. The zero-order chi connectivity index (χ0) is 24.6. The number of ether oxygens (including phenoxy) is 1. The average Bonchev–Trinajstić information content (AvgIpc) is 2.88.